The van der Waals surface area contributed by atoms with Crippen LogP contribution in [0.25, 0.3) is 0 Å². The quantitative estimate of drug-likeness (QED) is 0.304. The molecule has 1 N–H and O–H groups in total. The van der Waals surface area contributed by atoms with Gasteiger partial charge in [-0.1, -0.05) is 0 Å². The fourth-order valence-electron chi connectivity index (χ4n) is 0. The monoisotopic (exact) mass is 61.0 g/mol. The third-order valence-electron chi connectivity index (χ3n) is 0.105. The SMILES string of the molecule is COC=[OH+]. The Morgan fingerprint density at radius 2 is 2.25 bits per heavy atom. The lowest BCUT2D eigenvalue weighted by Crippen LogP contribution is -1.69. The second-order valence-electron chi connectivity index (χ2n) is 0.341. The van der Waals surface area contributed by atoms with Gasteiger partial charge in [-0.3, -0.25) is 0 Å². The molecule has 2 nitrogen and oxygen atoms in total. The minimum atomic E-state index is 0.625. The Labute approximate surface area is 24.4 Å². The fourth-order valence-corrected chi connectivity index (χ4v) is 0. The lowest BCUT2D eigenvalue weighted by atomic mass is 11.5. The molecule has 0 aromatic rings. The van der Waals surface area contributed by atoms with Crippen molar-refractivity contribution in [2.45, 2.75) is 0 Å². The molecule has 4 heavy (non-hydrogen) atoms. The summed E-state index contributed by atoms with van der Waals surface area (Å²) in [5.74, 6) is 0. The van der Waals surface area contributed by atoms with Crippen LogP contribution in [0.2, 0.25) is 0 Å². The molecule has 0 saturated carbocycles. The predicted octanol–water partition coefficient (Wildman–Crippen LogP) is -0.235. The summed E-state index contributed by atoms with van der Waals surface area (Å²) in [4.78, 5) is 7.53. The molecule has 0 aromatic heterocycles. The van der Waals surface area contributed by atoms with Crippen LogP contribution in [-0.4, -0.2) is 18.4 Å². The molecule has 0 radical (unpaired) electrons. The summed E-state index contributed by atoms with van der Waals surface area (Å²) in [7, 11) is 1.38. The molecule has 0 unspecified atom stereocenters. The third kappa shape index (κ3) is 1.47. The Kier molecular flexibility index (Phi) is 2.14. The van der Waals surface area contributed by atoms with Crippen LogP contribution in [0.15, 0.2) is 0 Å². The molecule has 0 fully saturated rings. The van der Waals surface area contributed by atoms with Crippen LogP contribution < -0.4 is 0 Å². The molecular weight excluding hydrogens is 56.0 g/mol. The lowest BCUT2D eigenvalue weighted by Gasteiger charge is -1.54. The first-order valence-electron chi connectivity index (χ1n) is 0.902. The Morgan fingerprint density at radius 3 is 2.25 bits per heavy atom. The summed E-state index contributed by atoms with van der Waals surface area (Å²) in [6, 6.07) is 0. The van der Waals surface area contributed by atoms with E-state index in [0.29, 0.717) is 6.47 Å². The Hall–Kier alpha value is -0.530. The van der Waals surface area contributed by atoms with Crippen molar-refractivity contribution in [1.82, 2.24) is 0 Å². The summed E-state index contributed by atoms with van der Waals surface area (Å²) in [6.07, 6.45) is 0. The summed E-state index contributed by atoms with van der Waals surface area (Å²) >= 11 is 0. The molecule has 24 valence electrons. The van der Waals surface area contributed by atoms with Gasteiger partial charge in [0, 0.05) is 0 Å². The zero-order chi connectivity index (χ0) is 3.41. The van der Waals surface area contributed by atoms with E-state index in [0.717, 1.165) is 0 Å². The normalized spacial score (nSPS) is 5.25. The maximum atomic E-state index is 7.53. The van der Waals surface area contributed by atoms with Crippen molar-refractivity contribution in [3.63, 3.8) is 0 Å². The largest absolute Gasteiger partial charge is 0.470 e. The van der Waals surface area contributed by atoms with Crippen molar-refractivity contribution < 1.29 is 9.53 Å². The third-order valence-corrected chi connectivity index (χ3v) is 0.105. The van der Waals surface area contributed by atoms with Gasteiger partial charge in [0.2, 0.25) is 0 Å². The van der Waals surface area contributed by atoms with E-state index in [1.165, 1.54) is 7.11 Å². The average molecular weight is 61.1 g/mol. The first-order valence-corrected chi connectivity index (χ1v) is 0.902. The number of methoxy groups -OCH3 is 1. The van der Waals surface area contributed by atoms with Crippen molar-refractivity contribution >= 4 is 6.47 Å². The van der Waals surface area contributed by atoms with Crippen molar-refractivity contribution in [2.75, 3.05) is 7.11 Å². The lowest BCUT2D eigenvalue weighted by molar-refractivity contribution is 0.379. The van der Waals surface area contributed by atoms with Crippen LogP contribution in [0, 0.1) is 0 Å². The van der Waals surface area contributed by atoms with Crippen molar-refractivity contribution in [1.29, 1.82) is 0 Å². The highest BCUT2D eigenvalue weighted by Crippen LogP contribution is 1.34. The van der Waals surface area contributed by atoms with Gasteiger partial charge >= 0.3 is 6.47 Å². The molecule has 0 aliphatic heterocycles. The van der Waals surface area contributed by atoms with Gasteiger partial charge in [0.25, 0.3) is 0 Å². The first-order chi connectivity index (χ1) is 1.91. The van der Waals surface area contributed by atoms with Crippen LogP contribution in [0.5, 0.6) is 0 Å². The maximum Gasteiger partial charge on any atom is 0.470 e. The molecular formula is C2H5O2+. The summed E-state index contributed by atoms with van der Waals surface area (Å²) in [5, 5.41) is 0. The van der Waals surface area contributed by atoms with Crippen molar-refractivity contribution in [2.24, 2.45) is 0 Å². The van der Waals surface area contributed by atoms with Gasteiger partial charge in [0.1, 0.15) is 0 Å². The van der Waals surface area contributed by atoms with E-state index in [-0.39, 0.29) is 0 Å². The zero-order valence-corrected chi connectivity index (χ0v) is 2.43. The first kappa shape index (κ1) is 3.47. The number of carbonyl (C=O) groups excluding carboxylic acids is 1. The zero-order valence-electron chi connectivity index (χ0n) is 2.43. The van der Waals surface area contributed by atoms with Gasteiger partial charge in [-0.15, -0.1) is 0 Å². The Balaban J connectivity index is 2.30. The Bertz CT molecular complexity index is 18.0. The van der Waals surface area contributed by atoms with Crippen molar-refractivity contribution in [3.8, 4) is 0 Å². The summed E-state index contributed by atoms with van der Waals surface area (Å²) in [5.41, 5.74) is 0. The molecule has 0 rings (SSSR count). The van der Waals surface area contributed by atoms with Gasteiger partial charge in [0.15, 0.2) is 7.11 Å². The fraction of sp³-hybridized carbons (Fsp3) is 0.500. The molecule has 0 bridgehead atoms. The molecule has 0 spiro atoms. The highest BCUT2D eigenvalue weighted by Gasteiger charge is 1.57. The average Bonchev–Trinajstić information content (AvgIpc) is 1.37. The van der Waals surface area contributed by atoms with E-state index in [1.807, 2.05) is 0 Å². The predicted molar refractivity (Wildman–Crippen MR) is 15.0 cm³/mol. The number of hydrogen-bond acceptors (Lipinski definition) is 1. The minimum Gasteiger partial charge on any atom is -0.341 e. The van der Waals surface area contributed by atoms with E-state index in [9.17, 15) is 0 Å². The topological polar surface area (TPSA) is 30.6 Å². The van der Waals surface area contributed by atoms with E-state index in [1.54, 1.807) is 0 Å². The van der Waals surface area contributed by atoms with E-state index in [2.05, 4.69) is 4.74 Å². The van der Waals surface area contributed by atoms with Crippen LogP contribution in [-0.2, 0) is 4.74 Å². The highest BCUT2D eigenvalue weighted by atomic mass is 16.5. The number of ether oxygens (including phenoxy) is 1. The van der Waals surface area contributed by atoms with Crippen LogP contribution in [0.4, 0.5) is 0 Å². The molecule has 0 atom stereocenters. The van der Waals surface area contributed by atoms with Crippen molar-refractivity contribution in [3.05, 3.63) is 0 Å². The molecule has 0 aliphatic rings. The second kappa shape index (κ2) is 2.47. The number of hydrogen-bond donors (Lipinski definition) is 0. The van der Waals surface area contributed by atoms with E-state index >= 15 is 0 Å². The summed E-state index contributed by atoms with van der Waals surface area (Å²) in [6.45, 7) is 0.625. The smallest absolute Gasteiger partial charge is 0.341 e. The molecule has 0 aliphatic carbocycles. The van der Waals surface area contributed by atoms with Gasteiger partial charge in [0.05, 0.1) is 0 Å². The van der Waals surface area contributed by atoms with E-state index < -0.39 is 0 Å². The van der Waals surface area contributed by atoms with Crippen LogP contribution in [0.3, 0.4) is 0 Å². The molecule has 2 heteroatoms. The molecule has 0 saturated heterocycles. The second-order valence-corrected chi connectivity index (χ2v) is 0.341. The van der Waals surface area contributed by atoms with Gasteiger partial charge < -0.3 is 9.53 Å². The van der Waals surface area contributed by atoms with Gasteiger partial charge in [-0.25, -0.2) is 0 Å². The summed E-state index contributed by atoms with van der Waals surface area (Å²) < 4.78 is 3.97. The maximum absolute atomic E-state index is 7.53. The standard InChI is InChI=1S/C2H4O2/c1-4-2-3/h2H,1H3/p+1. The highest BCUT2D eigenvalue weighted by molar-refractivity contribution is 5.37. The Morgan fingerprint density at radius 1 is 2.00 bits per heavy atom. The van der Waals surface area contributed by atoms with Gasteiger partial charge in [-0.05, 0) is 0 Å². The minimum absolute atomic E-state index is 0.625. The number of rotatable bonds is 1. The van der Waals surface area contributed by atoms with Crippen LogP contribution in [0.1, 0.15) is 0 Å². The molecule has 0 amide bonds. The molecule has 0 heterocycles. The van der Waals surface area contributed by atoms with Gasteiger partial charge in [-0.2, -0.15) is 0 Å². The van der Waals surface area contributed by atoms with E-state index in [4.69, 9.17) is 4.79 Å². The molecule has 0 aromatic carbocycles. The van der Waals surface area contributed by atoms with Crippen LogP contribution >= 0.6 is 0 Å².